The summed E-state index contributed by atoms with van der Waals surface area (Å²) in [5.74, 6) is -0.749. The van der Waals surface area contributed by atoms with E-state index in [-0.39, 0.29) is 23.2 Å². The number of nitrogens with one attached hydrogen (secondary N) is 1. The predicted octanol–water partition coefficient (Wildman–Crippen LogP) is 5.04. The molecule has 9 heteroatoms. The second kappa shape index (κ2) is 8.85. The topological polar surface area (TPSA) is 61.4 Å². The van der Waals surface area contributed by atoms with Crippen molar-refractivity contribution in [2.24, 2.45) is 5.92 Å². The highest BCUT2D eigenvalue weighted by Crippen LogP contribution is 2.36. The monoisotopic (exact) mass is 471 g/mol. The lowest BCUT2D eigenvalue weighted by molar-refractivity contribution is -0.120. The number of benzene rings is 1. The first kappa shape index (κ1) is 22.0. The summed E-state index contributed by atoms with van der Waals surface area (Å²) in [6.07, 6.45) is 4.76. The number of piperidine rings is 1. The molecule has 5 rings (SSSR count). The summed E-state index contributed by atoms with van der Waals surface area (Å²) in [6.45, 7) is 6.87. The molecule has 0 bridgehead atoms. The zero-order chi connectivity index (χ0) is 23.1. The molecule has 0 aliphatic carbocycles. The van der Waals surface area contributed by atoms with Crippen LogP contribution in [0.25, 0.3) is 10.2 Å². The van der Waals surface area contributed by atoms with Crippen molar-refractivity contribution < 1.29 is 13.6 Å². The van der Waals surface area contributed by atoms with Crippen molar-refractivity contribution in [3.8, 4) is 0 Å². The Morgan fingerprint density at radius 1 is 1.03 bits per heavy atom. The predicted molar refractivity (Wildman–Crippen MR) is 128 cm³/mol. The number of nitrogens with zero attached hydrogens (tertiary/aromatic N) is 4. The van der Waals surface area contributed by atoms with Crippen LogP contribution in [0, 0.1) is 31.4 Å². The third-order valence-corrected chi connectivity index (χ3v) is 7.93. The number of amides is 1. The van der Waals surface area contributed by atoms with Gasteiger partial charge >= 0.3 is 0 Å². The third kappa shape index (κ3) is 4.14. The van der Waals surface area contributed by atoms with Gasteiger partial charge in [0.15, 0.2) is 11.6 Å². The maximum atomic E-state index is 14.6. The van der Waals surface area contributed by atoms with Crippen LogP contribution in [0.5, 0.6) is 0 Å². The Balaban J connectivity index is 1.25. The zero-order valence-electron chi connectivity index (χ0n) is 18.8. The van der Waals surface area contributed by atoms with Gasteiger partial charge in [-0.05, 0) is 57.2 Å². The first-order valence-electron chi connectivity index (χ1n) is 11.4. The van der Waals surface area contributed by atoms with Gasteiger partial charge in [0.2, 0.25) is 5.91 Å². The second-order valence-corrected chi connectivity index (χ2v) is 10.1. The van der Waals surface area contributed by atoms with Crippen molar-refractivity contribution >= 4 is 44.7 Å². The van der Waals surface area contributed by atoms with E-state index in [2.05, 4.69) is 34.0 Å². The average Bonchev–Trinajstić information content (AvgIpc) is 3.42. The zero-order valence-corrected chi connectivity index (χ0v) is 19.6. The SMILES string of the molecule is Cc1sc2ncnc(N3CCC(C(=O)Nc4cc(F)c(N5CCCC5)c(F)c4)CC3)c2c1C. The molecule has 174 valence electrons. The van der Waals surface area contributed by atoms with Crippen molar-refractivity contribution in [3.05, 3.63) is 40.5 Å². The summed E-state index contributed by atoms with van der Waals surface area (Å²) in [6, 6.07) is 2.45. The van der Waals surface area contributed by atoms with E-state index in [1.54, 1.807) is 22.6 Å². The highest BCUT2D eigenvalue weighted by molar-refractivity contribution is 7.18. The molecule has 2 aromatic heterocycles. The number of thiophene rings is 1. The molecule has 1 N–H and O–H groups in total. The molecule has 0 atom stereocenters. The number of anilines is 3. The van der Waals surface area contributed by atoms with Crippen LogP contribution in [-0.4, -0.2) is 42.1 Å². The normalized spacial score (nSPS) is 17.2. The van der Waals surface area contributed by atoms with E-state index in [0.717, 1.165) is 28.9 Å². The molecule has 33 heavy (non-hydrogen) atoms. The summed E-state index contributed by atoms with van der Waals surface area (Å²) < 4.78 is 29.2. The lowest BCUT2D eigenvalue weighted by atomic mass is 9.95. The summed E-state index contributed by atoms with van der Waals surface area (Å²) in [5, 5.41) is 3.82. The van der Waals surface area contributed by atoms with Crippen LogP contribution >= 0.6 is 11.3 Å². The number of halogens is 2. The van der Waals surface area contributed by atoms with Gasteiger partial charge in [0.25, 0.3) is 0 Å². The molecule has 0 radical (unpaired) electrons. The van der Waals surface area contributed by atoms with Gasteiger partial charge in [-0.2, -0.15) is 0 Å². The average molecular weight is 472 g/mol. The quantitative estimate of drug-likeness (QED) is 0.578. The van der Waals surface area contributed by atoms with Gasteiger partial charge in [0.05, 0.1) is 5.39 Å². The van der Waals surface area contributed by atoms with Crippen molar-refractivity contribution in [2.45, 2.75) is 39.5 Å². The Kier molecular flexibility index (Phi) is 5.90. The molecule has 1 aromatic carbocycles. The number of hydrogen-bond acceptors (Lipinski definition) is 6. The minimum atomic E-state index is -0.628. The molecule has 3 aromatic rings. The van der Waals surface area contributed by atoms with Crippen LogP contribution in [0.4, 0.5) is 26.0 Å². The number of rotatable bonds is 4. The lowest BCUT2D eigenvalue weighted by Gasteiger charge is -2.32. The van der Waals surface area contributed by atoms with Crippen LogP contribution < -0.4 is 15.1 Å². The van der Waals surface area contributed by atoms with Gasteiger partial charge in [0, 0.05) is 42.7 Å². The van der Waals surface area contributed by atoms with E-state index in [0.29, 0.717) is 39.0 Å². The van der Waals surface area contributed by atoms with E-state index in [1.807, 2.05) is 0 Å². The smallest absolute Gasteiger partial charge is 0.227 e. The highest BCUT2D eigenvalue weighted by atomic mass is 32.1. The number of fused-ring (bicyclic) bond motifs is 1. The van der Waals surface area contributed by atoms with Gasteiger partial charge in [0.1, 0.15) is 22.7 Å². The van der Waals surface area contributed by atoms with E-state index in [4.69, 9.17) is 0 Å². The fraction of sp³-hybridized carbons (Fsp3) is 0.458. The second-order valence-electron chi connectivity index (χ2n) is 8.89. The molecule has 0 spiro atoms. The number of hydrogen-bond donors (Lipinski definition) is 1. The van der Waals surface area contributed by atoms with Crippen LogP contribution in [-0.2, 0) is 4.79 Å². The molecule has 2 fully saturated rings. The first-order chi connectivity index (χ1) is 15.9. The minimum absolute atomic E-state index is 0.00827. The van der Waals surface area contributed by atoms with Crippen molar-refractivity contribution in [1.82, 2.24) is 9.97 Å². The van der Waals surface area contributed by atoms with Gasteiger partial charge in [-0.25, -0.2) is 18.7 Å². The Morgan fingerprint density at radius 2 is 1.70 bits per heavy atom. The van der Waals surface area contributed by atoms with Crippen molar-refractivity contribution in [3.63, 3.8) is 0 Å². The maximum Gasteiger partial charge on any atom is 0.227 e. The fourth-order valence-electron chi connectivity index (χ4n) is 4.88. The number of carbonyl (C=O) groups excluding carboxylic acids is 1. The van der Waals surface area contributed by atoms with E-state index in [1.165, 1.54) is 22.6 Å². The van der Waals surface area contributed by atoms with E-state index < -0.39 is 11.6 Å². The minimum Gasteiger partial charge on any atom is -0.367 e. The molecule has 4 heterocycles. The molecule has 2 saturated heterocycles. The van der Waals surface area contributed by atoms with Gasteiger partial charge in [-0.15, -0.1) is 11.3 Å². The summed E-state index contributed by atoms with van der Waals surface area (Å²) in [4.78, 5) is 27.9. The van der Waals surface area contributed by atoms with Crippen molar-refractivity contribution in [2.75, 3.05) is 41.3 Å². The summed E-state index contributed by atoms with van der Waals surface area (Å²) >= 11 is 1.67. The summed E-state index contributed by atoms with van der Waals surface area (Å²) in [5.41, 5.74) is 1.38. The molecule has 0 saturated carbocycles. The van der Waals surface area contributed by atoms with E-state index in [9.17, 15) is 13.6 Å². The first-order valence-corrected chi connectivity index (χ1v) is 12.2. The molecular formula is C24H27F2N5OS. The van der Waals surface area contributed by atoms with Crippen LogP contribution in [0.1, 0.15) is 36.1 Å². The van der Waals surface area contributed by atoms with Crippen LogP contribution in [0.15, 0.2) is 18.5 Å². The van der Waals surface area contributed by atoms with E-state index >= 15 is 0 Å². The Morgan fingerprint density at radius 3 is 2.36 bits per heavy atom. The fourth-order valence-corrected chi connectivity index (χ4v) is 5.87. The largest absolute Gasteiger partial charge is 0.367 e. The van der Waals surface area contributed by atoms with Crippen molar-refractivity contribution in [1.29, 1.82) is 0 Å². The van der Waals surface area contributed by atoms with Crippen LogP contribution in [0.2, 0.25) is 0 Å². The summed E-state index contributed by atoms with van der Waals surface area (Å²) in [7, 11) is 0. The number of aromatic nitrogens is 2. The van der Waals surface area contributed by atoms with Crippen LogP contribution in [0.3, 0.4) is 0 Å². The molecule has 6 nitrogen and oxygen atoms in total. The van der Waals surface area contributed by atoms with Gasteiger partial charge < -0.3 is 15.1 Å². The molecule has 0 unspecified atom stereocenters. The highest BCUT2D eigenvalue weighted by Gasteiger charge is 2.28. The Labute approximate surface area is 195 Å². The van der Waals surface area contributed by atoms with Gasteiger partial charge in [-0.1, -0.05) is 0 Å². The van der Waals surface area contributed by atoms with Gasteiger partial charge in [-0.3, -0.25) is 4.79 Å². The third-order valence-electron chi connectivity index (χ3n) is 6.82. The maximum absolute atomic E-state index is 14.6. The number of aryl methyl sites for hydroxylation is 2. The molecule has 2 aliphatic heterocycles. The molecule has 1 amide bonds. The standard InChI is InChI=1S/C24H27F2N5OS/c1-14-15(2)33-24-20(14)22(27-13-28-24)31-9-5-16(6-10-31)23(32)29-17-11-18(25)21(19(26)12-17)30-7-3-4-8-30/h11-13,16H,3-10H2,1-2H3,(H,29,32). The lowest BCUT2D eigenvalue weighted by Crippen LogP contribution is -2.38. The number of carbonyl (C=O) groups is 1. The Bertz CT molecular complexity index is 1180. The molecule has 2 aliphatic rings. The Hall–Kier alpha value is -2.81. The molecular weight excluding hydrogens is 444 g/mol.